The van der Waals surface area contributed by atoms with Crippen molar-refractivity contribution in [3.8, 4) is 0 Å². The van der Waals surface area contributed by atoms with Crippen molar-refractivity contribution in [1.82, 2.24) is 15.6 Å². The Labute approximate surface area is 98.8 Å². The summed E-state index contributed by atoms with van der Waals surface area (Å²) >= 11 is 0. The fraction of sp³-hybridized carbons (Fsp3) is 0.545. The molecule has 17 heavy (non-hydrogen) atoms. The first kappa shape index (κ1) is 11.6. The molecule has 6 nitrogen and oxygen atoms in total. The van der Waals surface area contributed by atoms with Gasteiger partial charge in [0.05, 0.1) is 5.69 Å². The maximum absolute atomic E-state index is 11.6. The summed E-state index contributed by atoms with van der Waals surface area (Å²) in [6.45, 7) is 2.27. The van der Waals surface area contributed by atoms with E-state index in [9.17, 15) is 9.59 Å². The highest BCUT2D eigenvalue weighted by atomic mass is 16.3. The first-order chi connectivity index (χ1) is 8.15. The van der Waals surface area contributed by atoms with Gasteiger partial charge in [-0.25, -0.2) is 4.98 Å². The number of nitrogens with zero attached hydrogens (tertiary/aromatic N) is 1. The van der Waals surface area contributed by atoms with Gasteiger partial charge in [0.1, 0.15) is 12.3 Å². The van der Waals surface area contributed by atoms with Crippen molar-refractivity contribution in [3.63, 3.8) is 0 Å². The minimum absolute atomic E-state index is 0.0581. The standard InChI is InChI=1S/C11H15N3O3/c1-7-13-8(6-17-7)4-5-12-11(16)9-2-3-10(15)14-9/h6,9H,2-5H2,1H3,(H,12,16)(H,14,15). The topological polar surface area (TPSA) is 84.2 Å². The van der Waals surface area contributed by atoms with Gasteiger partial charge in [-0.15, -0.1) is 0 Å². The van der Waals surface area contributed by atoms with Gasteiger partial charge in [0.25, 0.3) is 0 Å². The Morgan fingerprint density at radius 2 is 2.53 bits per heavy atom. The summed E-state index contributed by atoms with van der Waals surface area (Å²) in [7, 11) is 0. The van der Waals surface area contributed by atoms with Gasteiger partial charge in [-0.2, -0.15) is 0 Å². The van der Waals surface area contributed by atoms with E-state index in [2.05, 4.69) is 15.6 Å². The summed E-state index contributed by atoms with van der Waals surface area (Å²) in [6.07, 6.45) is 3.22. The molecule has 0 radical (unpaired) electrons. The maximum atomic E-state index is 11.6. The summed E-state index contributed by atoms with van der Waals surface area (Å²) < 4.78 is 5.06. The Bertz CT molecular complexity index is 427. The minimum atomic E-state index is -0.374. The quantitative estimate of drug-likeness (QED) is 0.767. The Hall–Kier alpha value is -1.85. The smallest absolute Gasteiger partial charge is 0.242 e. The van der Waals surface area contributed by atoms with Crippen molar-refractivity contribution in [1.29, 1.82) is 0 Å². The number of hydrogen-bond acceptors (Lipinski definition) is 4. The molecule has 0 bridgehead atoms. The average molecular weight is 237 g/mol. The van der Waals surface area contributed by atoms with Crippen LogP contribution in [0.15, 0.2) is 10.7 Å². The molecule has 0 spiro atoms. The molecule has 6 heteroatoms. The van der Waals surface area contributed by atoms with Crippen LogP contribution in [0.1, 0.15) is 24.4 Å². The van der Waals surface area contributed by atoms with Crippen molar-refractivity contribution >= 4 is 11.8 Å². The van der Waals surface area contributed by atoms with Gasteiger partial charge >= 0.3 is 0 Å². The lowest BCUT2D eigenvalue weighted by Crippen LogP contribution is -2.42. The summed E-state index contributed by atoms with van der Waals surface area (Å²) in [5.41, 5.74) is 0.818. The van der Waals surface area contributed by atoms with Gasteiger partial charge in [-0.05, 0) is 6.42 Å². The molecule has 92 valence electrons. The second-order valence-electron chi connectivity index (χ2n) is 4.06. The molecule has 1 aromatic rings. The molecule has 1 aromatic heterocycles. The Morgan fingerprint density at radius 3 is 3.12 bits per heavy atom. The third-order valence-electron chi connectivity index (χ3n) is 2.66. The molecule has 1 aliphatic rings. The fourth-order valence-electron chi connectivity index (χ4n) is 1.77. The van der Waals surface area contributed by atoms with Gasteiger partial charge < -0.3 is 15.1 Å². The number of carbonyl (C=O) groups excluding carboxylic acids is 2. The van der Waals surface area contributed by atoms with Crippen LogP contribution >= 0.6 is 0 Å². The van der Waals surface area contributed by atoms with Gasteiger partial charge in [-0.1, -0.05) is 0 Å². The average Bonchev–Trinajstić information content (AvgIpc) is 2.88. The molecule has 1 unspecified atom stereocenters. The van der Waals surface area contributed by atoms with E-state index < -0.39 is 0 Å². The van der Waals surface area contributed by atoms with Crippen LogP contribution in [0.2, 0.25) is 0 Å². The number of amides is 2. The molecule has 2 rings (SSSR count). The number of carbonyl (C=O) groups is 2. The number of aromatic nitrogens is 1. The van der Waals surface area contributed by atoms with Crippen LogP contribution in [-0.2, 0) is 16.0 Å². The number of nitrogens with one attached hydrogen (secondary N) is 2. The maximum Gasteiger partial charge on any atom is 0.242 e. The van der Waals surface area contributed by atoms with Crippen molar-refractivity contribution in [3.05, 3.63) is 17.8 Å². The molecule has 2 heterocycles. The SMILES string of the molecule is Cc1nc(CCNC(=O)C2CCC(=O)N2)co1. The van der Waals surface area contributed by atoms with Gasteiger partial charge in [-0.3, -0.25) is 9.59 Å². The van der Waals surface area contributed by atoms with Gasteiger partial charge in [0.15, 0.2) is 5.89 Å². The van der Waals surface area contributed by atoms with Crippen LogP contribution in [0.25, 0.3) is 0 Å². The largest absolute Gasteiger partial charge is 0.449 e. The molecular formula is C11H15N3O3. The first-order valence-electron chi connectivity index (χ1n) is 5.63. The third-order valence-corrected chi connectivity index (χ3v) is 2.66. The Morgan fingerprint density at radius 1 is 1.71 bits per heavy atom. The van der Waals surface area contributed by atoms with E-state index >= 15 is 0 Å². The van der Waals surface area contributed by atoms with E-state index in [0.717, 1.165) is 5.69 Å². The third kappa shape index (κ3) is 3.05. The highest BCUT2D eigenvalue weighted by molar-refractivity contribution is 5.90. The van der Waals surface area contributed by atoms with E-state index in [-0.39, 0.29) is 17.9 Å². The second kappa shape index (κ2) is 4.99. The predicted molar refractivity (Wildman–Crippen MR) is 59.1 cm³/mol. The molecule has 1 aliphatic heterocycles. The Balaban J connectivity index is 1.71. The monoisotopic (exact) mass is 237 g/mol. The molecule has 0 aromatic carbocycles. The number of oxazole rings is 1. The van der Waals surface area contributed by atoms with E-state index in [1.165, 1.54) is 0 Å². The summed E-state index contributed by atoms with van der Waals surface area (Å²) in [6, 6.07) is -0.374. The molecule has 1 fully saturated rings. The lowest BCUT2D eigenvalue weighted by molar-refractivity contribution is -0.125. The van der Waals surface area contributed by atoms with Crippen LogP contribution in [-0.4, -0.2) is 29.4 Å². The normalized spacial score (nSPS) is 19.1. The van der Waals surface area contributed by atoms with E-state index in [1.807, 2.05) is 0 Å². The van der Waals surface area contributed by atoms with E-state index in [0.29, 0.717) is 31.7 Å². The fourth-order valence-corrected chi connectivity index (χ4v) is 1.77. The lowest BCUT2D eigenvalue weighted by atomic mass is 10.2. The summed E-state index contributed by atoms with van der Waals surface area (Å²) in [5.74, 6) is 0.433. The van der Waals surface area contributed by atoms with E-state index in [1.54, 1.807) is 13.2 Å². The van der Waals surface area contributed by atoms with Crippen molar-refractivity contribution in [2.45, 2.75) is 32.2 Å². The molecule has 2 N–H and O–H groups in total. The molecule has 0 aliphatic carbocycles. The van der Waals surface area contributed by atoms with E-state index in [4.69, 9.17) is 4.42 Å². The summed E-state index contributed by atoms with van der Waals surface area (Å²) in [4.78, 5) is 26.7. The van der Waals surface area contributed by atoms with Gasteiger partial charge in [0.2, 0.25) is 11.8 Å². The number of rotatable bonds is 4. The zero-order chi connectivity index (χ0) is 12.3. The molecule has 2 amide bonds. The van der Waals surface area contributed by atoms with Crippen molar-refractivity contribution in [2.24, 2.45) is 0 Å². The van der Waals surface area contributed by atoms with Crippen LogP contribution in [0.3, 0.4) is 0 Å². The van der Waals surface area contributed by atoms with Gasteiger partial charge in [0, 0.05) is 26.3 Å². The summed E-state index contributed by atoms with van der Waals surface area (Å²) in [5, 5.41) is 5.39. The zero-order valence-electron chi connectivity index (χ0n) is 9.66. The van der Waals surface area contributed by atoms with Crippen LogP contribution in [0, 0.1) is 6.92 Å². The molecular weight excluding hydrogens is 222 g/mol. The molecule has 0 saturated carbocycles. The van der Waals surface area contributed by atoms with Crippen LogP contribution < -0.4 is 10.6 Å². The minimum Gasteiger partial charge on any atom is -0.449 e. The van der Waals surface area contributed by atoms with Crippen LogP contribution in [0.4, 0.5) is 0 Å². The Kier molecular flexibility index (Phi) is 3.41. The van der Waals surface area contributed by atoms with Crippen molar-refractivity contribution < 1.29 is 14.0 Å². The second-order valence-corrected chi connectivity index (χ2v) is 4.06. The molecule has 1 atom stereocenters. The highest BCUT2D eigenvalue weighted by Crippen LogP contribution is 2.06. The predicted octanol–water partition coefficient (Wildman–Crippen LogP) is -0.0797. The first-order valence-corrected chi connectivity index (χ1v) is 5.63. The number of aryl methyl sites for hydroxylation is 1. The molecule has 1 saturated heterocycles. The lowest BCUT2D eigenvalue weighted by Gasteiger charge is -2.09. The number of hydrogen-bond donors (Lipinski definition) is 2. The van der Waals surface area contributed by atoms with Crippen LogP contribution in [0.5, 0.6) is 0 Å². The van der Waals surface area contributed by atoms with Crippen molar-refractivity contribution in [2.75, 3.05) is 6.54 Å². The zero-order valence-corrected chi connectivity index (χ0v) is 9.66. The highest BCUT2D eigenvalue weighted by Gasteiger charge is 2.26.